The van der Waals surface area contributed by atoms with Gasteiger partial charge in [-0.1, -0.05) is 0 Å². The molecule has 0 spiro atoms. The topological polar surface area (TPSA) is 74.3 Å². The lowest BCUT2D eigenvalue weighted by Crippen LogP contribution is -2.50. The largest absolute Gasteiger partial charge is 0.356 e. The van der Waals surface area contributed by atoms with Gasteiger partial charge in [0.2, 0.25) is 11.8 Å². The molecular weight excluding hydrogens is 312 g/mol. The van der Waals surface area contributed by atoms with Crippen LogP contribution >= 0.6 is 11.3 Å². The molecule has 2 fully saturated rings. The fraction of sp³-hybridized carbons (Fsp3) is 0.688. The number of thiazole rings is 1. The van der Waals surface area contributed by atoms with E-state index in [1.807, 2.05) is 12.3 Å². The molecule has 2 N–H and O–H groups in total. The molecule has 0 radical (unpaired) electrons. The van der Waals surface area contributed by atoms with Gasteiger partial charge >= 0.3 is 0 Å². The van der Waals surface area contributed by atoms with E-state index in [1.54, 1.807) is 6.20 Å². The molecule has 1 aromatic rings. The number of rotatable bonds is 6. The number of anilines is 1. The molecule has 1 aromatic heterocycles. The monoisotopic (exact) mass is 336 g/mol. The molecule has 1 saturated heterocycles. The average molecular weight is 336 g/mol. The molecule has 1 aliphatic heterocycles. The average Bonchev–Trinajstić information content (AvgIpc) is 3.27. The van der Waals surface area contributed by atoms with Gasteiger partial charge in [-0.15, -0.1) is 11.3 Å². The molecule has 3 rings (SSSR count). The Morgan fingerprint density at radius 3 is 2.96 bits per heavy atom. The van der Waals surface area contributed by atoms with Gasteiger partial charge in [0.15, 0.2) is 5.13 Å². The molecule has 126 valence electrons. The minimum atomic E-state index is -0.252. The smallest absolute Gasteiger partial charge is 0.243 e. The van der Waals surface area contributed by atoms with Crippen LogP contribution in [0.2, 0.25) is 0 Å². The van der Waals surface area contributed by atoms with Crippen LogP contribution in [-0.2, 0) is 9.59 Å². The van der Waals surface area contributed by atoms with E-state index in [1.165, 1.54) is 24.2 Å². The van der Waals surface area contributed by atoms with Gasteiger partial charge in [0.1, 0.15) is 0 Å². The van der Waals surface area contributed by atoms with Crippen molar-refractivity contribution in [2.45, 2.75) is 38.6 Å². The van der Waals surface area contributed by atoms with Gasteiger partial charge in [0.25, 0.3) is 0 Å². The number of nitrogens with zero attached hydrogens (tertiary/aromatic N) is 2. The Balaban J connectivity index is 1.50. The van der Waals surface area contributed by atoms with Gasteiger partial charge < -0.3 is 10.6 Å². The summed E-state index contributed by atoms with van der Waals surface area (Å²) in [7, 11) is 0. The lowest BCUT2D eigenvalue weighted by Gasteiger charge is -2.35. The molecule has 7 heteroatoms. The Morgan fingerprint density at radius 2 is 2.26 bits per heavy atom. The quantitative estimate of drug-likeness (QED) is 0.829. The highest BCUT2D eigenvalue weighted by Crippen LogP contribution is 2.28. The highest BCUT2D eigenvalue weighted by Gasteiger charge is 2.31. The highest BCUT2D eigenvalue weighted by molar-refractivity contribution is 7.13. The van der Waals surface area contributed by atoms with Gasteiger partial charge in [-0.05, 0) is 45.1 Å². The standard InChI is InChI=1S/C16H24N4O2S/c1-11(14(21)19-16-17-6-8-23-16)20-7-2-3-13(10-20)15(22)18-9-12-4-5-12/h6,8,11-13H,2-5,7,9-10H2,1H3,(H,18,22)(H,17,19,21)/t11-,13+/m0/s1. The fourth-order valence-corrected chi connectivity index (χ4v) is 3.48. The highest BCUT2D eigenvalue weighted by atomic mass is 32.1. The predicted molar refractivity (Wildman–Crippen MR) is 90.2 cm³/mol. The fourth-order valence-electron chi connectivity index (χ4n) is 2.94. The molecule has 1 saturated carbocycles. The number of carbonyl (C=O) groups is 2. The van der Waals surface area contributed by atoms with Crippen LogP contribution in [0.3, 0.4) is 0 Å². The summed E-state index contributed by atoms with van der Waals surface area (Å²) >= 11 is 1.41. The van der Waals surface area contributed by atoms with Crippen LogP contribution in [0.4, 0.5) is 5.13 Å². The molecule has 2 amide bonds. The molecule has 6 nitrogen and oxygen atoms in total. The molecule has 2 aliphatic rings. The summed E-state index contributed by atoms with van der Waals surface area (Å²) in [6.45, 7) is 4.23. The van der Waals surface area contributed by atoms with Crippen molar-refractivity contribution in [1.82, 2.24) is 15.2 Å². The third kappa shape index (κ3) is 4.51. The number of aromatic nitrogens is 1. The SMILES string of the molecule is C[C@@H](C(=O)Nc1nccs1)N1CCC[C@@H](C(=O)NCC2CC2)C1. The van der Waals surface area contributed by atoms with Gasteiger partial charge in [-0.2, -0.15) is 0 Å². The number of likely N-dealkylation sites (tertiary alicyclic amines) is 1. The van der Waals surface area contributed by atoms with Gasteiger partial charge in [-0.3, -0.25) is 14.5 Å². The number of carbonyl (C=O) groups excluding carboxylic acids is 2. The number of hydrogen-bond donors (Lipinski definition) is 2. The van der Waals surface area contributed by atoms with Crippen LogP contribution in [0, 0.1) is 11.8 Å². The van der Waals surface area contributed by atoms with E-state index >= 15 is 0 Å². The number of hydrogen-bond acceptors (Lipinski definition) is 5. The van der Waals surface area contributed by atoms with Crippen molar-refractivity contribution in [2.75, 3.05) is 25.0 Å². The summed E-state index contributed by atoms with van der Waals surface area (Å²) in [4.78, 5) is 30.8. The van der Waals surface area contributed by atoms with Crippen molar-refractivity contribution in [3.8, 4) is 0 Å². The van der Waals surface area contributed by atoms with Crippen molar-refractivity contribution < 1.29 is 9.59 Å². The summed E-state index contributed by atoms with van der Waals surface area (Å²) in [6.07, 6.45) is 6.02. The number of nitrogens with one attached hydrogen (secondary N) is 2. The van der Waals surface area contributed by atoms with Crippen LogP contribution in [0.1, 0.15) is 32.6 Å². The second kappa shape index (κ2) is 7.40. The molecule has 23 heavy (non-hydrogen) atoms. The second-order valence-corrected chi connectivity index (χ2v) is 7.42. The molecule has 0 aromatic carbocycles. The maximum atomic E-state index is 12.3. The van der Waals surface area contributed by atoms with Gasteiger partial charge in [0.05, 0.1) is 12.0 Å². The molecule has 0 bridgehead atoms. The van der Waals surface area contributed by atoms with E-state index in [-0.39, 0.29) is 23.8 Å². The van der Waals surface area contributed by atoms with Crippen molar-refractivity contribution in [1.29, 1.82) is 0 Å². The predicted octanol–water partition coefficient (Wildman–Crippen LogP) is 1.71. The van der Waals surface area contributed by atoms with Crippen LogP contribution in [0.15, 0.2) is 11.6 Å². The van der Waals surface area contributed by atoms with Crippen LogP contribution in [0.5, 0.6) is 0 Å². The first kappa shape index (κ1) is 16.4. The molecule has 0 unspecified atom stereocenters. The molecule has 1 aliphatic carbocycles. The molecule has 2 heterocycles. The first-order chi connectivity index (χ1) is 11.1. The van der Waals surface area contributed by atoms with E-state index in [4.69, 9.17) is 0 Å². The Morgan fingerprint density at radius 1 is 1.43 bits per heavy atom. The van der Waals surface area contributed by atoms with E-state index in [0.717, 1.165) is 25.9 Å². The second-order valence-electron chi connectivity index (χ2n) is 6.53. The van der Waals surface area contributed by atoms with Gasteiger partial charge in [-0.25, -0.2) is 4.98 Å². The first-order valence-electron chi connectivity index (χ1n) is 8.35. The van der Waals surface area contributed by atoms with E-state index in [2.05, 4.69) is 20.5 Å². The Hall–Kier alpha value is -1.47. The normalized spacial score (nSPS) is 23.3. The third-order valence-corrected chi connectivity index (χ3v) is 5.36. The zero-order chi connectivity index (χ0) is 16.2. The molecule has 2 atom stereocenters. The summed E-state index contributed by atoms with van der Waals surface area (Å²) < 4.78 is 0. The Bertz CT molecular complexity index is 544. The van der Waals surface area contributed by atoms with Crippen LogP contribution in [-0.4, -0.2) is 47.4 Å². The zero-order valence-electron chi connectivity index (χ0n) is 13.5. The van der Waals surface area contributed by atoms with Crippen LogP contribution in [0.25, 0.3) is 0 Å². The van der Waals surface area contributed by atoms with E-state index < -0.39 is 0 Å². The minimum Gasteiger partial charge on any atom is -0.356 e. The minimum absolute atomic E-state index is 0.00221. The Labute approximate surface area is 140 Å². The summed E-state index contributed by atoms with van der Waals surface area (Å²) in [5, 5.41) is 8.36. The summed E-state index contributed by atoms with van der Waals surface area (Å²) in [5.74, 6) is 0.785. The van der Waals surface area contributed by atoms with Crippen molar-refractivity contribution in [2.24, 2.45) is 11.8 Å². The number of amides is 2. The van der Waals surface area contributed by atoms with Crippen LogP contribution < -0.4 is 10.6 Å². The Kier molecular flexibility index (Phi) is 5.27. The first-order valence-corrected chi connectivity index (χ1v) is 9.23. The van der Waals surface area contributed by atoms with E-state index in [9.17, 15) is 9.59 Å². The van der Waals surface area contributed by atoms with Crippen molar-refractivity contribution in [3.63, 3.8) is 0 Å². The lowest BCUT2D eigenvalue weighted by molar-refractivity contribution is -0.129. The summed E-state index contributed by atoms with van der Waals surface area (Å²) in [5.41, 5.74) is 0. The maximum Gasteiger partial charge on any atom is 0.243 e. The van der Waals surface area contributed by atoms with Crippen molar-refractivity contribution >= 4 is 28.3 Å². The third-order valence-electron chi connectivity index (χ3n) is 4.68. The van der Waals surface area contributed by atoms with E-state index in [0.29, 0.717) is 17.6 Å². The zero-order valence-corrected chi connectivity index (χ0v) is 14.3. The molecular formula is C16H24N4O2S. The number of piperidine rings is 1. The lowest BCUT2D eigenvalue weighted by atomic mass is 9.96. The van der Waals surface area contributed by atoms with Gasteiger partial charge in [0, 0.05) is 24.7 Å². The maximum absolute atomic E-state index is 12.3. The van der Waals surface area contributed by atoms with Crippen molar-refractivity contribution in [3.05, 3.63) is 11.6 Å². The summed E-state index contributed by atoms with van der Waals surface area (Å²) in [6, 6.07) is -0.252.